The summed E-state index contributed by atoms with van der Waals surface area (Å²) in [5.41, 5.74) is 2.86. The molecule has 0 bridgehead atoms. The summed E-state index contributed by atoms with van der Waals surface area (Å²) >= 11 is 1.54. The van der Waals surface area contributed by atoms with E-state index < -0.39 is 0 Å². The van der Waals surface area contributed by atoms with Crippen molar-refractivity contribution in [1.29, 1.82) is 0 Å². The lowest BCUT2D eigenvalue weighted by atomic mass is 10.1. The number of amides is 1. The molecule has 1 fully saturated rings. The van der Waals surface area contributed by atoms with E-state index in [9.17, 15) is 4.79 Å². The molecule has 1 aromatic heterocycles. The SMILES string of the molecule is CCOc1ccccc1-c1nc(CC(=O)N2CC(C)OC(c3ccccc3)C2)cs1. The maximum atomic E-state index is 13.0. The molecule has 0 saturated carbocycles. The molecular formula is C24H26N2O3S. The van der Waals surface area contributed by atoms with E-state index >= 15 is 0 Å². The molecule has 30 heavy (non-hydrogen) atoms. The van der Waals surface area contributed by atoms with Gasteiger partial charge >= 0.3 is 0 Å². The van der Waals surface area contributed by atoms with E-state index in [0.717, 1.165) is 27.6 Å². The summed E-state index contributed by atoms with van der Waals surface area (Å²) in [6, 6.07) is 18.0. The zero-order valence-corrected chi connectivity index (χ0v) is 18.1. The molecule has 0 radical (unpaired) electrons. The van der Waals surface area contributed by atoms with Crippen molar-refractivity contribution >= 4 is 17.2 Å². The van der Waals surface area contributed by atoms with Crippen molar-refractivity contribution in [3.8, 4) is 16.3 Å². The number of hydrogen-bond acceptors (Lipinski definition) is 5. The van der Waals surface area contributed by atoms with Crippen molar-refractivity contribution in [3.63, 3.8) is 0 Å². The van der Waals surface area contributed by atoms with Gasteiger partial charge in [0.25, 0.3) is 0 Å². The second-order valence-electron chi connectivity index (χ2n) is 7.39. The smallest absolute Gasteiger partial charge is 0.228 e. The van der Waals surface area contributed by atoms with Crippen LogP contribution in [0.25, 0.3) is 10.6 Å². The van der Waals surface area contributed by atoms with Gasteiger partial charge in [-0.3, -0.25) is 4.79 Å². The molecule has 2 unspecified atom stereocenters. The van der Waals surface area contributed by atoms with Crippen LogP contribution in [0.1, 0.15) is 31.2 Å². The molecule has 0 spiro atoms. The van der Waals surface area contributed by atoms with Crippen LogP contribution in [-0.4, -0.2) is 41.6 Å². The predicted molar refractivity (Wildman–Crippen MR) is 119 cm³/mol. The summed E-state index contributed by atoms with van der Waals surface area (Å²) in [7, 11) is 0. The molecule has 0 N–H and O–H groups in total. The van der Waals surface area contributed by atoms with Gasteiger partial charge < -0.3 is 14.4 Å². The summed E-state index contributed by atoms with van der Waals surface area (Å²) in [5.74, 6) is 0.904. The minimum Gasteiger partial charge on any atom is -0.493 e. The number of carbonyl (C=O) groups excluding carboxylic acids is 1. The van der Waals surface area contributed by atoms with Gasteiger partial charge in [-0.2, -0.15) is 0 Å². The van der Waals surface area contributed by atoms with Gasteiger partial charge in [-0.15, -0.1) is 11.3 Å². The first kappa shape index (κ1) is 20.6. The Hall–Kier alpha value is -2.70. The molecule has 5 nitrogen and oxygen atoms in total. The quantitative estimate of drug-likeness (QED) is 0.576. The standard InChI is InChI=1S/C24H26N2O3S/c1-3-28-21-12-8-7-11-20(21)24-25-19(16-30-24)13-23(27)26-14-17(2)29-22(15-26)18-9-5-4-6-10-18/h4-12,16-17,22H,3,13-15H2,1-2H3. The van der Waals surface area contributed by atoms with Crippen molar-refractivity contribution in [3.05, 3.63) is 71.2 Å². The molecule has 1 aliphatic heterocycles. The van der Waals surface area contributed by atoms with Crippen LogP contribution in [0.2, 0.25) is 0 Å². The Morgan fingerprint density at radius 1 is 1.17 bits per heavy atom. The Morgan fingerprint density at radius 3 is 2.73 bits per heavy atom. The lowest BCUT2D eigenvalue weighted by Crippen LogP contribution is -2.46. The average Bonchev–Trinajstić information content (AvgIpc) is 3.23. The fourth-order valence-corrected chi connectivity index (χ4v) is 4.56. The molecule has 0 aliphatic carbocycles. The van der Waals surface area contributed by atoms with Gasteiger partial charge in [-0.05, 0) is 31.5 Å². The third-order valence-electron chi connectivity index (χ3n) is 5.09. The topological polar surface area (TPSA) is 51.7 Å². The van der Waals surface area contributed by atoms with Gasteiger partial charge in [-0.25, -0.2) is 4.98 Å². The maximum Gasteiger partial charge on any atom is 0.228 e. The molecule has 3 aromatic rings. The largest absolute Gasteiger partial charge is 0.493 e. The number of benzene rings is 2. The van der Waals surface area contributed by atoms with Gasteiger partial charge in [0.2, 0.25) is 5.91 Å². The molecule has 1 amide bonds. The van der Waals surface area contributed by atoms with Crippen LogP contribution in [0.4, 0.5) is 0 Å². The van der Waals surface area contributed by atoms with Crippen LogP contribution in [0.5, 0.6) is 5.75 Å². The fraction of sp³-hybridized carbons (Fsp3) is 0.333. The number of morpholine rings is 1. The minimum absolute atomic E-state index is 0.00281. The zero-order valence-electron chi connectivity index (χ0n) is 17.3. The van der Waals surface area contributed by atoms with Crippen LogP contribution < -0.4 is 4.74 Å². The van der Waals surface area contributed by atoms with Crippen LogP contribution in [0, 0.1) is 0 Å². The minimum atomic E-state index is -0.0945. The highest BCUT2D eigenvalue weighted by molar-refractivity contribution is 7.13. The zero-order chi connectivity index (χ0) is 20.9. The number of para-hydroxylation sites is 1. The van der Waals surface area contributed by atoms with E-state index in [1.165, 1.54) is 0 Å². The Labute approximate surface area is 181 Å². The Balaban J connectivity index is 1.45. The summed E-state index contributed by atoms with van der Waals surface area (Å²) in [6.07, 6.45) is 0.196. The maximum absolute atomic E-state index is 13.0. The molecular weight excluding hydrogens is 396 g/mol. The van der Waals surface area contributed by atoms with E-state index in [1.807, 2.05) is 78.7 Å². The first-order valence-corrected chi connectivity index (χ1v) is 11.2. The van der Waals surface area contributed by atoms with Gasteiger partial charge in [0, 0.05) is 11.9 Å². The van der Waals surface area contributed by atoms with E-state index in [1.54, 1.807) is 11.3 Å². The molecule has 2 heterocycles. The number of aromatic nitrogens is 1. The normalized spacial score (nSPS) is 18.9. The molecule has 2 atom stereocenters. The van der Waals surface area contributed by atoms with Gasteiger partial charge in [0.15, 0.2) is 0 Å². The summed E-state index contributed by atoms with van der Waals surface area (Å²) in [5, 5.41) is 2.84. The first-order chi connectivity index (χ1) is 14.6. The number of nitrogens with zero attached hydrogens (tertiary/aromatic N) is 2. The Morgan fingerprint density at radius 2 is 1.93 bits per heavy atom. The Kier molecular flexibility index (Phi) is 6.45. The predicted octanol–water partition coefficient (Wildman–Crippen LogP) is 4.74. The second kappa shape index (κ2) is 9.41. The van der Waals surface area contributed by atoms with Crippen LogP contribution in [-0.2, 0) is 16.0 Å². The Bertz CT molecular complexity index is 989. The van der Waals surface area contributed by atoms with Gasteiger partial charge in [0.1, 0.15) is 16.9 Å². The molecule has 1 aliphatic rings. The molecule has 1 saturated heterocycles. The highest BCUT2D eigenvalue weighted by Gasteiger charge is 2.29. The number of carbonyl (C=O) groups is 1. The van der Waals surface area contributed by atoms with Crippen LogP contribution in [0.3, 0.4) is 0 Å². The van der Waals surface area contributed by atoms with Crippen molar-refractivity contribution in [1.82, 2.24) is 9.88 Å². The highest BCUT2D eigenvalue weighted by atomic mass is 32.1. The first-order valence-electron chi connectivity index (χ1n) is 10.3. The van der Waals surface area contributed by atoms with Crippen molar-refractivity contribution in [2.45, 2.75) is 32.5 Å². The second-order valence-corrected chi connectivity index (χ2v) is 8.25. The van der Waals surface area contributed by atoms with Crippen LogP contribution >= 0.6 is 11.3 Å². The average molecular weight is 423 g/mol. The van der Waals surface area contributed by atoms with E-state index in [0.29, 0.717) is 26.1 Å². The van der Waals surface area contributed by atoms with E-state index in [4.69, 9.17) is 14.5 Å². The number of thiazole rings is 1. The molecule has 4 rings (SSSR count). The molecule has 2 aromatic carbocycles. The van der Waals surface area contributed by atoms with Gasteiger partial charge in [0.05, 0.1) is 36.9 Å². The third kappa shape index (κ3) is 4.71. The lowest BCUT2D eigenvalue weighted by Gasteiger charge is -2.37. The van der Waals surface area contributed by atoms with Crippen molar-refractivity contribution in [2.24, 2.45) is 0 Å². The van der Waals surface area contributed by atoms with Crippen molar-refractivity contribution < 1.29 is 14.3 Å². The van der Waals surface area contributed by atoms with E-state index in [2.05, 4.69) is 0 Å². The summed E-state index contributed by atoms with van der Waals surface area (Å²) in [6.45, 7) is 5.75. The molecule has 156 valence electrons. The fourth-order valence-electron chi connectivity index (χ4n) is 3.71. The van der Waals surface area contributed by atoms with Gasteiger partial charge in [-0.1, -0.05) is 42.5 Å². The highest BCUT2D eigenvalue weighted by Crippen LogP contribution is 2.32. The summed E-state index contributed by atoms with van der Waals surface area (Å²) in [4.78, 5) is 19.6. The van der Waals surface area contributed by atoms with Crippen LogP contribution in [0.15, 0.2) is 60.0 Å². The monoisotopic (exact) mass is 422 g/mol. The third-order valence-corrected chi connectivity index (χ3v) is 6.01. The molecule has 6 heteroatoms. The number of rotatable bonds is 6. The lowest BCUT2D eigenvalue weighted by molar-refractivity contribution is -0.144. The van der Waals surface area contributed by atoms with E-state index in [-0.39, 0.29) is 18.1 Å². The number of ether oxygens (including phenoxy) is 2. The summed E-state index contributed by atoms with van der Waals surface area (Å²) < 4.78 is 11.8. The van der Waals surface area contributed by atoms with Crippen molar-refractivity contribution in [2.75, 3.05) is 19.7 Å². The number of hydrogen-bond donors (Lipinski definition) is 0.